The third-order valence-corrected chi connectivity index (χ3v) is 2.91. The van der Waals surface area contributed by atoms with Gasteiger partial charge in [0.05, 0.1) is 22.6 Å². The maximum Gasteiger partial charge on any atom is 0.335 e. The van der Waals surface area contributed by atoms with Crippen molar-refractivity contribution < 1.29 is 9.90 Å². The number of aryl methyl sites for hydroxylation is 2. The number of rotatable bonds is 3. The minimum Gasteiger partial charge on any atom is -0.478 e. The fraction of sp³-hybridized carbons (Fsp3) is 0.231. The molecule has 18 heavy (non-hydrogen) atoms. The average Bonchev–Trinajstić information content (AvgIpc) is 2.57. The molecule has 0 bridgehead atoms. The molecule has 94 valence electrons. The Labute approximate surface area is 105 Å². The van der Waals surface area contributed by atoms with Crippen LogP contribution < -0.4 is 5.32 Å². The highest BCUT2D eigenvalue weighted by Crippen LogP contribution is 2.23. The molecule has 2 N–H and O–H groups in total. The van der Waals surface area contributed by atoms with E-state index in [2.05, 4.69) is 10.4 Å². The van der Waals surface area contributed by atoms with Crippen molar-refractivity contribution in [2.45, 2.75) is 13.8 Å². The Balaban J connectivity index is 2.26. The maximum atomic E-state index is 10.7. The monoisotopic (exact) mass is 245 g/mol. The zero-order valence-corrected chi connectivity index (χ0v) is 10.6. The van der Waals surface area contributed by atoms with Crippen LogP contribution in [0, 0.1) is 13.8 Å². The number of aromatic carboxylic acids is 1. The van der Waals surface area contributed by atoms with Crippen molar-refractivity contribution in [3.05, 3.63) is 41.2 Å². The summed E-state index contributed by atoms with van der Waals surface area (Å²) in [6.07, 6.45) is 0. The molecule has 0 radical (unpaired) electrons. The molecule has 0 saturated heterocycles. The molecule has 1 heterocycles. The molecule has 5 nitrogen and oxygen atoms in total. The van der Waals surface area contributed by atoms with Crippen molar-refractivity contribution in [3.8, 4) is 0 Å². The number of hydrogen-bond donors (Lipinski definition) is 2. The van der Waals surface area contributed by atoms with Gasteiger partial charge in [-0.05, 0) is 38.1 Å². The third-order valence-electron chi connectivity index (χ3n) is 2.91. The summed E-state index contributed by atoms with van der Waals surface area (Å²) in [4.78, 5) is 10.7. The second-order valence-corrected chi connectivity index (χ2v) is 4.18. The third kappa shape index (κ3) is 2.20. The summed E-state index contributed by atoms with van der Waals surface area (Å²) in [5.41, 5.74) is 4.03. The molecule has 0 amide bonds. The molecular formula is C13H15N3O2. The summed E-state index contributed by atoms with van der Waals surface area (Å²) in [6.45, 7) is 3.91. The number of nitrogens with zero attached hydrogens (tertiary/aromatic N) is 2. The summed E-state index contributed by atoms with van der Waals surface area (Å²) >= 11 is 0. The Kier molecular flexibility index (Phi) is 3.06. The van der Waals surface area contributed by atoms with Crippen LogP contribution in [0.5, 0.6) is 0 Å². The fourth-order valence-electron chi connectivity index (χ4n) is 1.79. The molecule has 0 atom stereocenters. The molecule has 5 heteroatoms. The number of hydrogen-bond acceptors (Lipinski definition) is 3. The second-order valence-electron chi connectivity index (χ2n) is 4.18. The normalized spacial score (nSPS) is 10.4. The largest absolute Gasteiger partial charge is 0.478 e. The van der Waals surface area contributed by atoms with Crippen molar-refractivity contribution in [1.29, 1.82) is 0 Å². The van der Waals surface area contributed by atoms with Gasteiger partial charge in [-0.3, -0.25) is 4.68 Å². The van der Waals surface area contributed by atoms with E-state index >= 15 is 0 Å². The molecule has 0 aliphatic carbocycles. The van der Waals surface area contributed by atoms with Crippen LogP contribution in [0.25, 0.3) is 0 Å². The van der Waals surface area contributed by atoms with Crippen LogP contribution in [0.3, 0.4) is 0 Å². The molecule has 0 unspecified atom stereocenters. The Morgan fingerprint density at radius 1 is 1.28 bits per heavy atom. The van der Waals surface area contributed by atoms with Crippen molar-refractivity contribution >= 4 is 17.3 Å². The highest BCUT2D eigenvalue weighted by Gasteiger charge is 2.09. The summed E-state index contributed by atoms with van der Waals surface area (Å²) in [5.74, 6) is -0.921. The van der Waals surface area contributed by atoms with Gasteiger partial charge >= 0.3 is 5.97 Å². The van der Waals surface area contributed by atoms with E-state index in [0.29, 0.717) is 0 Å². The lowest BCUT2D eigenvalue weighted by atomic mass is 10.2. The van der Waals surface area contributed by atoms with Crippen LogP contribution in [0.2, 0.25) is 0 Å². The summed E-state index contributed by atoms with van der Waals surface area (Å²) < 4.78 is 1.81. The lowest BCUT2D eigenvalue weighted by Crippen LogP contribution is -1.98. The number of carbonyl (C=O) groups is 1. The number of benzene rings is 1. The lowest BCUT2D eigenvalue weighted by molar-refractivity contribution is 0.0697. The van der Waals surface area contributed by atoms with Crippen LogP contribution in [0.4, 0.5) is 11.4 Å². The lowest BCUT2D eigenvalue weighted by Gasteiger charge is -2.07. The van der Waals surface area contributed by atoms with Gasteiger partial charge in [0.1, 0.15) is 0 Å². The molecule has 2 rings (SSSR count). The van der Waals surface area contributed by atoms with E-state index in [4.69, 9.17) is 5.11 Å². The van der Waals surface area contributed by atoms with E-state index in [1.54, 1.807) is 24.3 Å². The van der Waals surface area contributed by atoms with E-state index in [0.717, 1.165) is 22.8 Å². The standard InChI is InChI=1S/C13H15N3O2/c1-8-12(9(2)16(3)15-8)14-11-6-4-10(5-7-11)13(17)18/h4-7,14H,1-3H3,(H,17,18). The van der Waals surface area contributed by atoms with Crippen LogP contribution in [-0.2, 0) is 7.05 Å². The minimum atomic E-state index is -0.921. The molecule has 0 aliphatic heterocycles. The predicted octanol–water partition coefficient (Wildman–Crippen LogP) is 2.48. The SMILES string of the molecule is Cc1nn(C)c(C)c1Nc1ccc(C(=O)O)cc1. The molecule has 2 aromatic rings. The number of nitrogens with one attached hydrogen (secondary N) is 1. The summed E-state index contributed by atoms with van der Waals surface area (Å²) in [7, 11) is 1.89. The van der Waals surface area contributed by atoms with Gasteiger partial charge in [-0.15, -0.1) is 0 Å². The molecule has 0 spiro atoms. The zero-order valence-electron chi connectivity index (χ0n) is 10.6. The van der Waals surface area contributed by atoms with Gasteiger partial charge in [-0.2, -0.15) is 5.10 Å². The predicted molar refractivity (Wildman–Crippen MR) is 69.4 cm³/mol. The van der Waals surface area contributed by atoms with Crippen molar-refractivity contribution in [2.75, 3.05) is 5.32 Å². The number of carboxylic acid groups (broad SMARTS) is 1. The highest BCUT2D eigenvalue weighted by atomic mass is 16.4. The topological polar surface area (TPSA) is 67.2 Å². The smallest absolute Gasteiger partial charge is 0.335 e. The molecular weight excluding hydrogens is 230 g/mol. The van der Waals surface area contributed by atoms with E-state index in [-0.39, 0.29) is 5.56 Å². The van der Waals surface area contributed by atoms with Crippen molar-refractivity contribution in [1.82, 2.24) is 9.78 Å². The summed E-state index contributed by atoms with van der Waals surface area (Å²) in [6, 6.07) is 6.64. The van der Waals surface area contributed by atoms with Crippen molar-refractivity contribution in [3.63, 3.8) is 0 Å². The molecule has 1 aromatic carbocycles. The highest BCUT2D eigenvalue weighted by molar-refractivity contribution is 5.88. The Morgan fingerprint density at radius 2 is 1.89 bits per heavy atom. The molecule has 0 fully saturated rings. The van der Waals surface area contributed by atoms with E-state index in [1.165, 1.54) is 0 Å². The van der Waals surface area contributed by atoms with Crippen LogP contribution in [0.15, 0.2) is 24.3 Å². The van der Waals surface area contributed by atoms with E-state index in [1.807, 2.05) is 25.6 Å². The van der Waals surface area contributed by atoms with E-state index < -0.39 is 5.97 Å². The maximum absolute atomic E-state index is 10.7. The first-order chi connectivity index (χ1) is 8.49. The van der Waals surface area contributed by atoms with E-state index in [9.17, 15) is 4.79 Å². The Morgan fingerprint density at radius 3 is 2.33 bits per heavy atom. The number of anilines is 2. The Hall–Kier alpha value is -2.30. The molecule has 1 aromatic heterocycles. The van der Waals surface area contributed by atoms with Crippen LogP contribution >= 0.6 is 0 Å². The first-order valence-electron chi connectivity index (χ1n) is 5.59. The minimum absolute atomic E-state index is 0.278. The second kappa shape index (κ2) is 4.52. The van der Waals surface area contributed by atoms with Crippen LogP contribution in [-0.4, -0.2) is 20.9 Å². The molecule has 0 aliphatic rings. The van der Waals surface area contributed by atoms with Gasteiger partial charge in [0, 0.05) is 12.7 Å². The average molecular weight is 245 g/mol. The van der Waals surface area contributed by atoms with Crippen molar-refractivity contribution in [2.24, 2.45) is 7.05 Å². The first kappa shape index (κ1) is 12.2. The number of carboxylic acids is 1. The first-order valence-corrected chi connectivity index (χ1v) is 5.59. The summed E-state index contributed by atoms with van der Waals surface area (Å²) in [5, 5.41) is 16.4. The Bertz CT molecular complexity index is 585. The van der Waals surface area contributed by atoms with Gasteiger partial charge in [0.15, 0.2) is 0 Å². The van der Waals surface area contributed by atoms with Gasteiger partial charge in [0.2, 0.25) is 0 Å². The quantitative estimate of drug-likeness (QED) is 0.871. The fourth-order valence-corrected chi connectivity index (χ4v) is 1.79. The number of aromatic nitrogens is 2. The van der Waals surface area contributed by atoms with Gasteiger partial charge in [0.25, 0.3) is 0 Å². The zero-order chi connectivity index (χ0) is 13.3. The molecule has 0 saturated carbocycles. The van der Waals surface area contributed by atoms with Gasteiger partial charge < -0.3 is 10.4 Å². The van der Waals surface area contributed by atoms with Crippen LogP contribution in [0.1, 0.15) is 21.7 Å². The van der Waals surface area contributed by atoms with Gasteiger partial charge in [-0.1, -0.05) is 0 Å². The van der Waals surface area contributed by atoms with Gasteiger partial charge in [-0.25, -0.2) is 4.79 Å².